The summed E-state index contributed by atoms with van der Waals surface area (Å²) >= 11 is 6.08. The molecule has 3 rings (SSSR count). The smallest absolute Gasteiger partial charge is 0.227 e. The van der Waals surface area contributed by atoms with Crippen molar-refractivity contribution in [2.75, 3.05) is 26.2 Å². The van der Waals surface area contributed by atoms with E-state index >= 15 is 0 Å². The number of rotatable bonds is 3. The maximum atomic E-state index is 13.3. The van der Waals surface area contributed by atoms with Crippen molar-refractivity contribution in [3.8, 4) is 0 Å². The Balaban J connectivity index is 1.75. The number of carbonyl (C=O) groups excluding carboxylic acids is 3. The highest BCUT2D eigenvalue weighted by Crippen LogP contribution is 2.25. The summed E-state index contributed by atoms with van der Waals surface area (Å²) in [5.41, 5.74) is 1.45. The zero-order valence-electron chi connectivity index (χ0n) is 18.0. The van der Waals surface area contributed by atoms with Crippen LogP contribution in [0.15, 0.2) is 48.5 Å². The third kappa shape index (κ3) is 6.29. The standard InChI is InChI=1S/C24H27ClFN3O3/c1-17(30)29-12-5-11-28(24(32)14-19-8-9-20(26)15-21(19)25)13-10-27-23(31)16-22(29)18-6-3-2-4-7-18/h2-4,6-9,15,22H,5,10-14,16H2,1H3,(H,27,31). The first-order valence-electron chi connectivity index (χ1n) is 10.7. The third-order valence-electron chi connectivity index (χ3n) is 5.58. The van der Waals surface area contributed by atoms with Crippen LogP contribution in [-0.2, 0) is 20.8 Å². The second-order valence-corrected chi connectivity index (χ2v) is 8.25. The van der Waals surface area contributed by atoms with Crippen LogP contribution in [0.2, 0.25) is 5.02 Å². The van der Waals surface area contributed by atoms with Gasteiger partial charge in [0.1, 0.15) is 5.82 Å². The number of halogens is 2. The zero-order chi connectivity index (χ0) is 23.1. The van der Waals surface area contributed by atoms with Gasteiger partial charge in [0.25, 0.3) is 0 Å². The molecule has 32 heavy (non-hydrogen) atoms. The van der Waals surface area contributed by atoms with Gasteiger partial charge in [0.15, 0.2) is 0 Å². The van der Waals surface area contributed by atoms with E-state index in [4.69, 9.17) is 11.6 Å². The topological polar surface area (TPSA) is 69.7 Å². The molecule has 1 atom stereocenters. The van der Waals surface area contributed by atoms with Crippen molar-refractivity contribution in [1.29, 1.82) is 0 Å². The summed E-state index contributed by atoms with van der Waals surface area (Å²) in [6.45, 7) is 3.00. The summed E-state index contributed by atoms with van der Waals surface area (Å²) in [7, 11) is 0. The van der Waals surface area contributed by atoms with Gasteiger partial charge in [-0.05, 0) is 29.7 Å². The molecule has 3 amide bonds. The maximum absolute atomic E-state index is 13.3. The van der Waals surface area contributed by atoms with Gasteiger partial charge in [0, 0.05) is 38.1 Å². The number of nitrogens with one attached hydrogen (secondary N) is 1. The predicted octanol–water partition coefficient (Wildman–Crippen LogP) is 3.35. The molecule has 2 aromatic carbocycles. The first-order valence-corrected chi connectivity index (χ1v) is 11.0. The largest absolute Gasteiger partial charge is 0.354 e. The van der Waals surface area contributed by atoms with Crippen LogP contribution in [0.25, 0.3) is 0 Å². The Labute approximate surface area is 192 Å². The second kappa shape index (κ2) is 11.1. The van der Waals surface area contributed by atoms with Crippen LogP contribution in [-0.4, -0.2) is 53.7 Å². The van der Waals surface area contributed by atoms with Gasteiger partial charge in [-0.1, -0.05) is 48.0 Å². The molecule has 1 N–H and O–H groups in total. The van der Waals surface area contributed by atoms with E-state index in [2.05, 4.69) is 5.32 Å². The number of benzene rings is 2. The Morgan fingerprint density at radius 3 is 2.56 bits per heavy atom. The van der Waals surface area contributed by atoms with Crippen LogP contribution in [0.5, 0.6) is 0 Å². The van der Waals surface area contributed by atoms with Crippen LogP contribution in [0.4, 0.5) is 4.39 Å². The molecule has 1 saturated heterocycles. The molecule has 1 aliphatic heterocycles. The number of amides is 3. The van der Waals surface area contributed by atoms with E-state index in [1.54, 1.807) is 9.80 Å². The van der Waals surface area contributed by atoms with Crippen LogP contribution in [0, 0.1) is 5.82 Å². The van der Waals surface area contributed by atoms with E-state index in [0.29, 0.717) is 38.2 Å². The fourth-order valence-electron chi connectivity index (χ4n) is 3.93. The molecule has 0 spiro atoms. The monoisotopic (exact) mass is 459 g/mol. The molecule has 2 aromatic rings. The fraction of sp³-hybridized carbons (Fsp3) is 0.375. The zero-order valence-corrected chi connectivity index (χ0v) is 18.8. The lowest BCUT2D eigenvalue weighted by atomic mass is 10.0. The molecule has 0 radical (unpaired) electrons. The SMILES string of the molecule is CC(=O)N1CCCN(C(=O)Cc2ccc(F)cc2Cl)CCNC(=O)CC1c1ccccc1. The Morgan fingerprint density at radius 2 is 1.88 bits per heavy atom. The van der Waals surface area contributed by atoms with Gasteiger partial charge in [-0.3, -0.25) is 14.4 Å². The van der Waals surface area contributed by atoms with Gasteiger partial charge in [0.05, 0.1) is 18.9 Å². The van der Waals surface area contributed by atoms with Crippen LogP contribution >= 0.6 is 11.6 Å². The minimum Gasteiger partial charge on any atom is -0.354 e. The van der Waals surface area contributed by atoms with E-state index in [9.17, 15) is 18.8 Å². The molecule has 1 aliphatic rings. The molecular weight excluding hydrogens is 433 g/mol. The summed E-state index contributed by atoms with van der Waals surface area (Å²) in [5.74, 6) is -0.926. The first kappa shape index (κ1) is 23.7. The van der Waals surface area contributed by atoms with Gasteiger partial charge in [-0.2, -0.15) is 0 Å². The lowest BCUT2D eigenvalue weighted by molar-refractivity contribution is -0.132. The van der Waals surface area contributed by atoms with Crippen molar-refractivity contribution < 1.29 is 18.8 Å². The van der Waals surface area contributed by atoms with E-state index < -0.39 is 5.82 Å². The van der Waals surface area contributed by atoms with Gasteiger partial charge >= 0.3 is 0 Å². The summed E-state index contributed by atoms with van der Waals surface area (Å²) < 4.78 is 13.3. The Morgan fingerprint density at radius 1 is 1.12 bits per heavy atom. The Kier molecular flexibility index (Phi) is 8.22. The molecular formula is C24H27ClFN3O3. The number of hydrogen-bond acceptors (Lipinski definition) is 3. The molecule has 1 unspecified atom stereocenters. The Bertz CT molecular complexity index is 970. The summed E-state index contributed by atoms with van der Waals surface area (Å²) in [5, 5.41) is 3.07. The van der Waals surface area contributed by atoms with Crippen LogP contribution in [0.1, 0.15) is 36.9 Å². The van der Waals surface area contributed by atoms with Crippen molar-refractivity contribution in [2.24, 2.45) is 0 Å². The summed E-state index contributed by atoms with van der Waals surface area (Å²) in [6, 6.07) is 13.1. The van der Waals surface area contributed by atoms with Crippen molar-refractivity contribution >= 4 is 29.3 Å². The minimum atomic E-state index is -0.457. The molecule has 0 aliphatic carbocycles. The predicted molar refractivity (Wildman–Crippen MR) is 121 cm³/mol. The maximum Gasteiger partial charge on any atom is 0.227 e. The lowest BCUT2D eigenvalue weighted by Gasteiger charge is -2.31. The molecule has 1 heterocycles. The van der Waals surface area contributed by atoms with E-state index in [1.807, 2.05) is 30.3 Å². The molecule has 0 bridgehead atoms. The number of nitrogens with zero attached hydrogens (tertiary/aromatic N) is 2. The summed E-state index contributed by atoms with van der Waals surface area (Å²) in [4.78, 5) is 41.3. The highest BCUT2D eigenvalue weighted by molar-refractivity contribution is 6.31. The van der Waals surface area contributed by atoms with Gasteiger partial charge in [-0.25, -0.2) is 4.39 Å². The van der Waals surface area contributed by atoms with Crippen molar-refractivity contribution in [3.05, 3.63) is 70.5 Å². The molecule has 6 nitrogen and oxygen atoms in total. The highest BCUT2D eigenvalue weighted by Gasteiger charge is 2.26. The normalized spacial score (nSPS) is 18.0. The van der Waals surface area contributed by atoms with Crippen molar-refractivity contribution in [1.82, 2.24) is 15.1 Å². The minimum absolute atomic E-state index is 0.0378. The molecule has 0 saturated carbocycles. The van der Waals surface area contributed by atoms with Crippen LogP contribution < -0.4 is 5.32 Å². The van der Waals surface area contributed by atoms with E-state index in [-0.39, 0.29) is 41.6 Å². The third-order valence-corrected chi connectivity index (χ3v) is 5.94. The fourth-order valence-corrected chi connectivity index (χ4v) is 4.16. The van der Waals surface area contributed by atoms with E-state index in [1.165, 1.54) is 25.1 Å². The Hall–Kier alpha value is -2.93. The first-order chi connectivity index (χ1) is 15.3. The van der Waals surface area contributed by atoms with Crippen molar-refractivity contribution in [3.63, 3.8) is 0 Å². The molecule has 8 heteroatoms. The number of hydrogen-bond donors (Lipinski definition) is 1. The van der Waals surface area contributed by atoms with Gasteiger partial charge in [0.2, 0.25) is 17.7 Å². The highest BCUT2D eigenvalue weighted by atomic mass is 35.5. The quantitative estimate of drug-likeness (QED) is 0.765. The van der Waals surface area contributed by atoms with E-state index in [0.717, 1.165) is 5.56 Å². The number of carbonyl (C=O) groups is 3. The second-order valence-electron chi connectivity index (χ2n) is 7.84. The van der Waals surface area contributed by atoms with Gasteiger partial charge < -0.3 is 15.1 Å². The molecule has 1 fully saturated rings. The van der Waals surface area contributed by atoms with Crippen molar-refractivity contribution in [2.45, 2.75) is 32.2 Å². The average molecular weight is 460 g/mol. The average Bonchev–Trinajstić information content (AvgIpc) is 2.79. The molecule has 170 valence electrons. The van der Waals surface area contributed by atoms with Gasteiger partial charge in [-0.15, -0.1) is 0 Å². The van der Waals surface area contributed by atoms with Crippen LogP contribution in [0.3, 0.4) is 0 Å². The summed E-state index contributed by atoms with van der Waals surface area (Å²) in [6.07, 6.45) is 0.763. The molecule has 0 aromatic heterocycles. The lowest BCUT2D eigenvalue weighted by Crippen LogP contribution is -2.40.